The topological polar surface area (TPSA) is 120 Å². The van der Waals surface area contributed by atoms with E-state index in [1.807, 2.05) is 6.92 Å². The number of rotatable bonds is 8. The first-order valence-corrected chi connectivity index (χ1v) is 11.8. The van der Waals surface area contributed by atoms with Crippen LogP contribution in [0.25, 0.3) is 16.7 Å². The van der Waals surface area contributed by atoms with E-state index in [-0.39, 0.29) is 17.9 Å². The van der Waals surface area contributed by atoms with E-state index < -0.39 is 6.10 Å². The summed E-state index contributed by atoms with van der Waals surface area (Å²) in [6, 6.07) is 5.17. The number of nitrogens with zero attached hydrogens (tertiary/aromatic N) is 7. The molecule has 36 heavy (non-hydrogen) atoms. The second kappa shape index (κ2) is 10.3. The lowest BCUT2D eigenvalue weighted by Gasteiger charge is -2.39. The van der Waals surface area contributed by atoms with Crippen molar-refractivity contribution >= 4 is 46.0 Å². The van der Waals surface area contributed by atoms with Gasteiger partial charge in [0, 0.05) is 26.7 Å². The van der Waals surface area contributed by atoms with Gasteiger partial charge in [0.05, 0.1) is 40.4 Å². The molecule has 5 rings (SSSR count). The number of likely N-dealkylation sites (tertiary alicyclic amines) is 1. The molecule has 1 fully saturated rings. The number of carbonyl (C=O) groups is 1. The zero-order chi connectivity index (χ0) is 25.2. The second-order valence-electron chi connectivity index (χ2n) is 8.26. The molecule has 3 aromatic heterocycles. The minimum atomic E-state index is -0.906. The van der Waals surface area contributed by atoms with E-state index in [1.54, 1.807) is 37.7 Å². The Labute approximate surface area is 216 Å². The Kier molecular flexibility index (Phi) is 6.97. The molecule has 0 aliphatic carbocycles. The van der Waals surface area contributed by atoms with Crippen LogP contribution >= 0.6 is 23.2 Å². The van der Waals surface area contributed by atoms with Crippen molar-refractivity contribution in [2.24, 2.45) is 0 Å². The van der Waals surface area contributed by atoms with Gasteiger partial charge in [-0.2, -0.15) is 5.10 Å². The lowest BCUT2D eigenvalue weighted by atomic mass is 10.1. The zero-order valence-corrected chi connectivity index (χ0v) is 20.9. The smallest absolute Gasteiger partial charge is 0.268 e. The fourth-order valence-electron chi connectivity index (χ4n) is 3.80. The van der Waals surface area contributed by atoms with Gasteiger partial charge in [0.1, 0.15) is 17.4 Å². The summed E-state index contributed by atoms with van der Waals surface area (Å²) in [5, 5.41) is 8.50. The number of fused-ring (bicyclic) bond motifs is 1. The molecule has 1 amide bonds. The van der Waals surface area contributed by atoms with E-state index in [9.17, 15) is 4.79 Å². The van der Waals surface area contributed by atoms with Gasteiger partial charge in [-0.05, 0) is 19.1 Å². The number of aryl methyl sites for hydroxylation is 1. The van der Waals surface area contributed by atoms with Crippen molar-refractivity contribution in [2.45, 2.75) is 19.1 Å². The molecule has 1 atom stereocenters. The molecule has 0 radical (unpaired) electrons. The van der Waals surface area contributed by atoms with Gasteiger partial charge in [-0.25, -0.2) is 19.6 Å². The van der Waals surface area contributed by atoms with Gasteiger partial charge >= 0.3 is 0 Å². The van der Waals surface area contributed by atoms with Gasteiger partial charge in [0.2, 0.25) is 5.88 Å². The van der Waals surface area contributed by atoms with Crippen LogP contribution in [0.5, 0.6) is 5.88 Å². The number of ether oxygens (including phenoxy) is 2. The molecule has 1 unspecified atom stereocenters. The van der Waals surface area contributed by atoms with E-state index in [2.05, 4.69) is 35.3 Å². The highest BCUT2D eigenvalue weighted by Crippen LogP contribution is 2.32. The van der Waals surface area contributed by atoms with Crippen molar-refractivity contribution in [3.63, 3.8) is 0 Å². The summed E-state index contributed by atoms with van der Waals surface area (Å²) in [5.74, 6) is 0.141. The number of hydrogen-bond acceptors (Lipinski definition) is 9. The number of nitrogens with one attached hydrogen (secondary N) is 1. The highest BCUT2D eigenvalue weighted by atomic mass is 35.5. The average molecular weight is 529 g/mol. The van der Waals surface area contributed by atoms with Crippen LogP contribution in [-0.4, -0.2) is 79.5 Å². The molecular weight excluding hydrogens is 507 g/mol. The van der Waals surface area contributed by atoms with E-state index in [0.29, 0.717) is 52.2 Å². The normalized spacial score (nSPS) is 15.0. The SMILES string of the molecule is COC1CN(CC(Oc2ncnc3c2cnn3-c2c(Cl)cccc2Cl)C(=O)Nc2cnc(C)cn2)C1. The fourth-order valence-corrected chi connectivity index (χ4v) is 4.36. The fraction of sp³-hybridized carbons (Fsp3) is 0.304. The number of amides is 1. The van der Waals surface area contributed by atoms with Crippen LogP contribution in [0.3, 0.4) is 0 Å². The minimum absolute atomic E-state index is 0.126. The maximum atomic E-state index is 13.2. The molecule has 4 aromatic rings. The van der Waals surface area contributed by atoms with Gasteiger partial charge in [-0.1, -0.05) is 29.3 Å². The molecule has 1 aliphatic heterocycles. The van der Waals surface area contributed by atoms with Crippen molar-refractivity contribution in [2.75, 3.05) is 32.1 Å². The molecule has 11 nitrogen and oxygen atoms in total. The number of carbonyl (C=O) groups excluding carboxylic acids is 1. The lowest BCUT2D eigenvalue weighted by Crippen LogP contribution is -2.56. The number of hydrogen-bond donors (Lipinski definition) is 1. The highest BCUT2D eigenvalue weighted by Gasteiger charge is 2.33. The first kappa shape index (κ1) is 24.3. The molecule has 1 aliphatic rings. The molecule has 1 saturated heterocycles. The third-order valence-corrected chi connectivity index (χ3v) is 6.35. The van der Waals surface area contributed by atoms with Crippen molar-refractivity contribution in [3.8, 4) is 11.6 Å². The molecule has 0 spiro atoms. The Balaban J connectivity index is 1.44. The highest BCUT2D eigenvalue weighted by molar-refractivity contribution is 6.37. The van der Waals surface area contributed by atoms with Crippen LogP contribution in [0.15, 0.2) is 43.1 Å². The number of methoxy groups -OCH3 is 1. The van der Waals surface area contributed by atoms with Gasteiger partial charge < -0.3 is 14.8 Å². The predicted octanol–water partition coefficient (Wildman–Crippen LogP) is 2.94. The van der Waals surface area contributed by atoms with Crippen molar-refractivity contribution in [1.29, 1.82) is 0 Å². The number of halogens is 2. The molecule has 1 N–H and O–H groups in total. The molecule has 0 saturated carbocycles. The summed E-state index contributed by atoms with van der Waals surface area (Å²) >= 11 is 12.8. The van der Waals surface area contributed by atoms with Crippen LogP contribution in [0, 0.1) is 6.92 Å². The predicted molar refractivity (Wildman–Crippen MR) is 134 cm³/mol. The van der Waals surface area contributed by atoms with Gasteiger partial charge in [-0.3, -0.25) is 14.7 Å². The van der Waals surface area contributed by atoms with Gasteiger partial charge in [-0.15, -0.1) is 0 Å². The average Bonchev–Trinajstić information content (AvgIpc) is 3.26. The third kappa shape index (κ3) is 4.96. The van der Waals surface area contributed by atoms with Crippen LogP contribution in [0.4, 0.5) is 5.82 Å². The Morgan fingerprint density at radius 1 is 1.14 bits per heavy atom. The van der Waals surface area contributed by atoms with E-state index >= 15 is 0 Å². The molecule has 1 aromatic carbocycles. The number of aromatic nitrogens is 6. The molecule has 4 heterocycles. The van der Waals surface area contributed by atoms with E-state index in [1.165, 1.54) is 17.2 Å². The summed E-state index contributed by atoms with van der Waals surface area (Å²) in [7, 11) is 1.67. The first-order chi connectivity index (χ1) is 17.4. The summed E-state index contributed by atoms with van der Waals surface area (Å²) in [5.41, 5.74) is 1.66. The summed E-state index contributed by atoms with van der Waals surface area (Å²) < 4.78 is 13.0. The first-order valence-electron chi connectivity index (χ1n) is 11.1. The van der Waals surface area contributed by atoms with Gasteiger partial charge in [0.25, 0.3) is 5.91 Å². The minimum Gasteiger partial charge on any atom is -0.462 e. The number of anilines is 1. The molecule has 13 heteroatoms. The monoisotopic (exact) mass is 528 g/mol. The number of para-hydroxylation sites is 1. The Bertz CT molecular complexity index is 1370. The maximum absolute atomic E-state index is 13.2. The Morgan fingerprint density at radius 2 is 1.92 bits per heavy atom. The molecular formula is C23H22Cl2N8O3. The molecule has 0 bridgehead atoms. The van der Waals surface area contributed by atoms with E-state index in [0.717, 1.165) is 5.69 Å². The number of benzene rings is 1. The summed E-state index contributed by atoms with van der Waals surface area (Å²) in [6.45, 7) is 3.52. The third-order valence-electron chi connectivity index (χ3n) is 5.74. The Hall–Kier alpha value is -3.38. The van der Waals surface area contributed by atoms with Crippen LogP contribution < -0.4 is 10.1 Å². The zero-order valence-electron chi connectivity index (χ0n) is 19.4. The Morgan fingerprint density at radius 3 is 2.61 bits per heavy atom. The summed E-state index contributed by atoms with van der Waals surface area (Å²) in [4.78, 5) is 32.3. The standard InChI is InChI=1S/C23H22Cl2N8O3/c1-13-6-27-19(8-26-13)31-22(34)18(11-32-9-14(10-32)35-2)36-23-15-7-30-33(21(15)28-12-29-23)20-16(24)4-3-5-17(20)25/h3-8,12,14,18H,9-11H2,1-2H3,(H,27,31,34). The molecule has 186 valence electrons. The maximum Gasteiger partial charge on any atom is 0.268 e. The van der Waals surface area contributed by atoms with Crippen LogP contribution in [0.1, 0.15) is 5.69 Å². The quantitative estimate of drug-likeness (QED) is 0.367. The van der Waals surface area contributed by atoms with Crippen molar-refractivity contribution in [1.82, 2.24) is 34.6 Å². The van der Waals surface area contributed by atoms with Crippen LogP contribution in [-0.2, 0) is 9.53 Å². The second-order valence-corrected chi connectivity index (χ2v) is 9.07. The van der Waals surface area contributed by atoms with Crippen LogP contribution in [0.2, 0.25) is 10.0 Å². The lowest BCUT2D eigenvalue weighted by molar-refractivity contribution is -0.125. The van der Waals surface area contributed by atoms with E-state index in [4.69, 9.17) is 32.7 Å². The van der Waals surface area contributed by atoms with Crippen molar-refractivity contribution < 1.29 is 14.3 Å². The van der Waals surface area contributed by atoms with Gasteiger partial charge in [0.15, 0.2) is 17.6 Å². The summed E-state index contributed by atoms with van der Waals surface area (Å²) in [6.07, 6.45) is 5.18. The largest absolute Gasteiger partial charge is 0.462 e. The van der Waals surface area contributed by atoms with Crippen molar-refractivity contribution in [3.05, 3.63) is 58.9 Å².